The van der Waals surface area contributed by atoms with Crippen LogP contribution in [0, 0.1) is 0 Å². The Morgan fingerprint density at radius 2 is 0.735 bits per heavy atom. The Morgan fingerprint density at radius 3 is 0.941 bits per heavy atom. The minimum atomic E-state index is -0.752. The number of rotatable bonds is 13. The third-order valence-corrected chi connectivity index (χ3v) is 7.03. The fourth-order valence-electron chi connectivity index (χ4n) is 5.02. The van der Waals surface area contributed by atoms with Crippen LogP contribution in [0.2, 0.25) is 0 Å². The number of nitrogens with zero attached hydrogens (tertiary/aromatic N) is 4. The van der Waals surface area contributed by atoms with Crippen LogP contribution >= 0.6 is 0 Å². The van der Waals surface area contributed by atoms with Gasteiger partial charge in [0.15, 0.2) is 24.9 Å². The van der Waals surface area contributed by atoms with Crippen molar-refractivity contribution in [1.29, 1.82) is 0 Å². The lowest BCUT2D eigenvalue weighted by molar-refractivity contribution is -0.242. The number of carbonyl (C=O) groups is 2. The van der Waals surface area contributed by atoms with Gasteiger partial charge in [0, 0.05) is 26.2 Å². The van der Waals surface area contributed by atoms with Gasteiger partial charge in [-0.15, -0.1) is 0 Å². The minimum Gasteiger partial charge on any atom is -0.319 e. The molecule has 10 nitrogen and oxygen atoms in total. The Balaban J connectivity index is 1.46. The van der Waals surface area contributed by atoms with Crippen molar-refractivity contribution in [3.8, 4) is 0 Å². The van der Waals surface area contributed by atoms with Crippen LogP contribution in [0.3, 0.4) is 0 Å². The van der Waals surface area contributed by atoms with Gasteiger partial charge in [0.1, 0.15) is 0 Å². The van der Waals surface area contributed by atoms with Crippen molar-refractivity contribution in [2.24, 2.45) is 0 Å². The molecule has 194 valence electrons. The zero-order chi connectivity index (χ0) is 24.2. The zero-order valence-electron chi connectivity index (χ0n) is 21.2. The summed E-state index contributed by atoms with van der Waals surface area (Å²) in [6, 6.07) is -0.0508. The average molecular weight is 483 g/mol. The number of ether oxygens (including phenoxy) is 4. The highest BCUT2D eigenvalue weighted by Crippen LogP contribution is 2.40. The van der Waals surface area contributed by atoms with E-state index in [9.17, 15) is 9.59 Å². The molecule has 4 atom stereocenters. The molecule has 4 heterocycles. The van der Waals surface area contributed by atoms with Crippen molar-refractivity contribution in [3.05, 3.63) is 0 Å². The van der Waals surface area contributed by atoms with Gasteiger partial charge in [0.25, 0.3) is 0 Å². The molecule has 4 amide bonds. The molecule has 4 fully saturated rings. The predicted molar refractivity (Wildman–Crippen MR) is 124 cm³/mol. The van der Waals surface area contributed by atoms with E-state index in [-0.39, 0.29) is 12.1 Å². The van der Waals surface area contributed by atoms with E-state index in [1.165, 1.54) is 0 Å². The van der Waals surface area contributed by atoms with E-state index in [4.69, 9.17) is 18.9 Å². The Labute approximate surface area is 203 Å². The lowest BCUT2D eigenvalue weighted by atomic mass is 10.3. The molecule has 0 aromatic rings. The maximum Gasteiger partial charge on any atom is 0.324 e. The second kappa shape index (κ2) is 11.4. The molecule has 0 aliphatic carbocycles. The normalized spacial score (nSPS) is 32.9. The topological polar surface area (TPSA) is 84.0 Å². The minimum absolute atomic E-state index is 0.0254. The van der Waals surface area contributed by atoms with Gasteiger partial charge < -0.3 is 18.9 Å². The lowest BCUT2D eigenvalue weighted by Crippen LogP contribution is -2.43. The molecule has 10 heteroatoms. The van der Waals surface area contributed by atoms with Gasteiger partial charge in [-0.05, 0) is 25.7 Å². The van der Waals surface area contributed by atoms with Crippen molar-refractivity contribution in [1.82, 2.24) is 19.6 Å². The molecule has 4 aliphatic rings. The summed E-state index contributed by atoms with van der Waals surface area (Å²) in [6.45, 7) is 11.0. The second-order valence-corrected chi connectivity index (χ2v) is 9.60. The Bertz CT molecular complexity index is 601. The Kier molecular flexibility index (Phi) is 8.55. The van der Waals surface area contributed by atoms with E-state index >= 15 is 0 Å². The van der Waals surface area contributed by atoms with Crippen molar-refractivity contribution < 1.29 is 28.5 Å². The highest BCUT2D eigenvalue weighted by molar-refractivity contribution is 5.78. The van der Waals surface area contributed by atoms with Gasteiger partial charge in [-0.1, -0.05) is 53.4 Å². The molecule has 4 aliphatic heterocycles. The molecule has 34 heavy (non-hydrogen) atoms. The number of fused-ring (bicyclic) bond motifs is 2. The predicted octanol–water partition coefficient (Wildman–Crippen LogP) is 3.71. The molecule has 4 unspecified atom stereocenters. The Hall–Kier alpha value is -1.62. The molecule has 4 rings (SSSR count). The number of hydrogen-bond acceptors (Lipinski definition) is 6. The molecular formula is C24H42N4O6. The highest BCUT2D eigenvalue weighted by Gasteiger charge is 2.60. The first-order chi connectivity index (χ1) is 16.5. The van der Waals surface area contributed by atoms with Crippen LogP contribution in [0.4, 0.5) is 9.59 Å². The van der Waals surface area contributed by atoms with Gasteiger partial charge >= 0.3 is 12.1 Å². The number of carbonyl (C=O) groups excluding carboxylic acids is 2. The van der Waals surface area contributed by atoms with E-state index in [0.29, 0.717) is 26.2 Å². The molecule has 0 aromatic carbocycles. The molecule has 0 N–H and O–H groups in total. The van der Waals surface area contributed by atoms with Crippen LogP contribution in [0.1, 0.15) is 79.1 Å². The summed E-state index contributed by atoms with van der Waals surface area (Å²) >= 11 is 0. The number of amides is 4. The maximum absolute atomic E-state index is 13.0. The van der Waals surface area contributed by atoms with Crippen LogP contribution in [0.15, 0.2) is 0 Å². The maximum atomic E-state index is 13.0. The first kappa shape index (κ1) is 25.5. The van der Waals surface area contributed by atoms with Gasteiger partial charge in [0.05, 0.1) is 0 Å². The van der Waals surface area contributed by atoms with Crippen molar-refractivity contribution in [2.75, 3.05) is 26.2 Å². The van der Waals surface area contributed by atoms with Gasteiger partial charge in [-0.3, -0.25) is 19.6 Å². The molecule has 0 radical (unpaired) electrons. The van der Waals surface area contributed by atoms with E-state index in [1.54, 1.807) is 19.6 Å². The third kappa shape index (κ3) is 4.74. The summed E-state index contributed by atoms with van der Waals surface area (Å²) in [5.41, 5.74) is 0. The summed E-state index contributed by atoms with van der Waals surface area (Å²) in [5.74, 6) is 0. The summed E-state index contributed by atoms with van der Waals surface area (Å²) in [6.07, 6.45) is 4.23. The van der Waals surface area contributed by atoms with Crippen LogP contribution in [-0.2, 0) is 18.9 Å². The SMILES string of the molecule is CCCCN1C(=O)N(CCCC)C2OC(C3OC4C(O3)N(CCCC)C(=O)N4CCCC)OC21. The summed E-state index contributed by atoms with van der Waals surface area (Å²) in [7, 11) is 0. The van der Waals surface area contributed by atoms with Crippen molar-refractivity contribution >= 4 is 12.1 Å². The fraction of sp³-hybridized carbons (Fsp3) is 0.917. The standard InChI is InChI=1S/C24H42N4O6/c1-5-9-13-25-17-18(26(23(25)29)14-10-6-2)32-21(31-17)22-33-19-20(34-22)28(16-12-8-4)24(30)27(19)15-11-7-3/h17-22H,5-16H2,1-4H3. The lowest BCUT2D eigenvalue weighted by Gasteiger charge is -2.28. The van der Waals surface area contributed by atoms with E-state index in [0.717, 1.165) is 51.4 Å². The van der Waals surface area contributed by atoms with Crippen molar-refractivity contribution in [2.45, 2.75) is 117 Å². The first-order valence-corrected chi connectivity index (χ1v) is 13.3. The van der Waals surface area contributed by atoms with E-state index in [1.807, 2.05) is 0 Å². The third-order valence-electron chi connectivity index (χ3n) is 7.03. The largest absolute Gasteiger partial charge is 0.324 e. The zero-order valence-corrected chi connectivity index (χ0v) is 21.2. The monoisotopic (exact) mass is 482 g/mol. The molecule has 0 saturated carbocycles. The molecular weight excluding hydrogens is 440 g/mol. The molecule has 4 saturated heterocycles. The summed E-state index contributed by atoms with van der Waals surface area (Å²) in [5, 5.41) is 0. The molecule has 0 spiro atoms. The summed E-state index contributed by atoms with van der Waals surface area (Å²) in [4.78, 5) is 33.2. The van der Waals surface area contributed by atoms with Crippen LogP contribution in [0.25, 0.3) is 0 Å². The van der Waals surface area contributed by atoms with Gasteiger partial charge in [0.2, 0.25) is 12.6 Å². The van der Waals surface area contributed by atoms with E-state index in [2.05, 4.69) is 27.7 Å². The van der Waals surface area contributed by atoms with Gasteiger partial charge in [-0.2, -0.15) is 0 Å². The number of hydrogen-bond donors (Lipinski definition) is 0. The second-order valence-electron chi connectivity index (χ2n) is 9.60. The van der Waals surface area contributed by atoms with Crippen LogP contribution in [0.5, 0.6) is 0 Å². The molecule has 0 bridgehead atoms. The number of unbranched alkanes of at least 4 members (excludes halogenated alkanes) is 4. The number of urea groups is 2. The quantitative estimate of drug-likeness (QED) is 0.398. The summed E-state index contributed by atoms with van der Waals surface area (Å²) < 4.78 is 25.0. The van der Waals surface area contributed by atoms with E-state index < -0.39 is 37.5 Å². The first-order valence-electron chi connectivity index (χ1n) is 13.3. The average Bonchev–Trinajstić information content (AvgIpc) is 3.55. The fourth-order valence-corrected chi connectivity index (χ4v) is 5.02. The Morgan fingerprint density at radius 1 is 0.500 bits per heavy atom. The van der Waals surface area contributed by atoms with Crippen LogP contribution < -0.4 is 0 Å². The van der Waals surface area contributed by atoms with Crippen molar-refractivity contribution in [3.63, 3.8) is 0 Å². The highest BCUT2D eigenvalue weighted by atomic mass is 16.8. The van der Waals surface area contributed by atoms with Crippen LogP contribution in [-0.4, -0.2) is 95.3 Å². The molecule has 0 aromatic heterocycles. The van der Waals surface area contributed by atoms with Gasteiger partial charge in [-0.25, -0.2) is 9.59 Å². The smallest absolute Gasteiger partial charge is 0.319 e.